The lowest BCUT2D eigenvalue weighted by Gasteiger charge is -2.14. The van der Waals surface area contributed by atoms with E-state index in [4.69, 9.17) is 17.0 Å². The largest absolute Gasteiger partial charge is 0.495 e. The van der Waals surface area contributed by atoms with E-state index in [0.29, 0.717) is 22.7 Å². The van der Waals surface area contributed by atoms with Gasteiger partial charge in [0.1, 0.15) is 5.75 Å². The molecule has 0 aromatic heterocycles. The summed E-state index contributed by atoms with van der Waals surface area (Å²) in [6, 6.07) is 13.8. The number of ether oxygens (including phenoxy) is 1. The summed E-state index contributed by atoms with van der Waals surface area (Å²) in [6.07, 6.45) is 0. The summed E-state index contributed by atoms with van der Waals surface area (Å²) in [5.41, 5.74) is 1.62. The average molecular weight is 343 g/mol. The zero-order valence-corrected chi connectivity index (χ0v) is 14.1. The van der Waals surface area contributed by atoms with Gasteiger partial charge in [-0.15, -0.1) is 0 Å². The Kier molecular flexibility index (Phi) is 5.86. The number of carbonyl (C=O) groups is 2. The van der Waals surface area contributed by atoms with Crippen LogP contribution in [0.2, 0.25) is 0 Å². The molecule has 2 aromatic carbocycles. The molecule has 3 N–H and O–H groups in total. The van der Waals surface area contributed by atoms with Crippen LogP contribution in [0.25, 0.3) is 0 Å². The summed E-state index contributed by atoms with van der Waals surface area (Å²) in [5.74, 6) is 0.0246. The van der Waals surface area contributed by atoms with Crippen LogP contribution in [0.3, 0.4) is 0 Å². The number of hydrogen-bond donors (Lipinski definition) is 3. The Labute approximate surface area is 145 Å². The van der Waals surface area contributed by atoms with Crippen molar-refractivity contribution < 1.29 is 14.3 Å². The molecule has 0 aliphatic carbocycles. The Hall–Kier alpha value is -2.93. The fourth-order valence-corrected chi connectivity index (χ4v) is 2.21. The standard InChI is InChI=1S/C17H17N3O3S/c1-11(21)18-13-8-9-15(23-2)14(10-13)19-17(24)20-16(22)12-6-4-3-5-7-12/h3-10H,1-2H3,(H,18,21)(H2,19,20,22,24). The Balaban J connectivity index is 2.10. The molecule has 0 fully saturated rings. The maximum absolute atomic E-state index is 12.1. The van der Waals surface area contributed by atoms with Crippen LogP contribution in [0.4, 0.5) is 11.4 Å². The summed E-state index contributed by atoms with van der Waals surface area (Å²) < 4.78 is 5.25. The van der Waals surface area contributed by atoms with E-state index >= 15 is 0 Å². The van der Waals surface area contributed by atoms with E-state index in [1.54, 1.807) is 42.5 Å². The third kappa shape index (κ3) is 4.79. The van der Waals surface area contributed by atoms with Crippen LogP contribution in [-0.4, -0.2) is 24.0 Å². The highest BCUT2D eigenvalue weighted by atomic mass is 32.1. The fourth-order valence-electron chi connectivity index (χ4n) is 2.01. The van der Waals surface area contributed by atoms with Gasteiger partial charge in [0.2, 0.25) is 5.91 Å². The highest BCUT2D eigenvalue weighted by Gasteiger charge is 2.10. The first-order valence-corrected chi connectivity index (χ1v) is 7.53. The molecular formula is C17H17N3O3S. The summed E-state index contributed by atoms with van der Waals surface area (Å²) in [5, 5.41) is 8.29. The van der Waals surface area contributed by atoms with Crippen molar-refractivity contribution in [2.24, 2.45) is 0 Å². The number of amides is 2. The predicted octanol–water partition coefficient (Wildman–Crippen LogP) is 2.78. The van der Waals surface area contributed by atoms with Gasteiger partial charge in [-0.25, -0.2) is 0 Å². The monoisotopic (exact) mass is 343 g/mol. The van der Waals surface area contributed by atoms with Gasteiger partial charge in [-0.2, -0.15) is 0 Å². The van der Waals surface area contributed by atoms with E-state index in [0.717, 1.165) is 0 Å². The van der Waals surface area contributed by atoms with Crippen molar-refractivity contribution in [1.29, 1.82) is 0 Å². The summed E-state index contributed by atoms with van der Waals surface area (Å²) in [7, 11) is 1.52. The van der Waals surface area contributed by atoms with Crippen LogP contribution in [0.1, 0.15) is 17.3 Å². The second-order valence-electron chi connectivity index (χ2n) is 4.87. The second-order valence-corrected chi connectivity index (χ2v) is 5.28. The number of hydrogen-bond acceptors (Lipinski definition) is 4. The molecule has 0 saturated heterocycles. The van der Waals surface area contributed by atoms with Crippen LogP contribution in [-0.2, 0) is 4.79 Å². The Morgan fingerprint density at radius 1 is 1.04 bits per heavy atom. The molecule has 2 aromatic rings. The highest BCUT2D eigenvalue weighted by molar-refractivity contribution is 7.80. The topological polar surface area (TPSA) is 79.5 Å². The molecule has 124 valence electrons. The second kappa shape index (κ2) is 8.07. The van der Waals surface area contributed by atoms with E-state index in [-0.39, 0.29) is 16.9 Å². The number of methoxy groups -OCH3 is 1. The number of carbonyl (C=O) groups excluding carboxylic acids is 2. The Bertz CT molecular complexity index is 763. The molecule has 0 aliphatic rings. The first-order chi connectivity index (χ1) is 11.5. The normalized spacial score (nSPS) is 9.75. The van der Waals surface area contributed by atoms with Gasteiger partial charge in [-0.05, 0) is 42.5 Å². The zero-order chi connectivity index (χ0) is 17.5. The lowest BCUT2D eigenvalue weighted by molar-refractivity contribution is -0.114. The first-order valence-electron chi connectivity index (χ1n) is 7.12. The van der Waals surface area contributed by atoms with E-state index in [2.05, 4.69) is 16.0 Å². The fraction of sp³-hybridized carbons (Fsp3) is 0.118. The van der Waals surface area contributed by atoms with Crippen LogP contribution >= 0.6 is 12.2 Å². The summed E-state index contributed by atoms with van der Waals surface area (Å²) in [4.78, 5) is 23.2. The minimum Gasteiger partial charge on any atom is -0.495 e. The molecule has 24 heavy (non-hydrogen) atoms. The predicted molar refractivity (Wildman–Crippen MR) is 97.4 cm³/mol. The van der Waals surface area contributed by atoms with E-state index in [9.17, 15) is 9.59 Å². The van der Waals surface area contributed by atoms with E-state index in [1.807, 2.05) is 6.07 Å². The molecule has 2 amide bonds. The van der Waals surface area contributed by atoms with Gasteiger partial charge in [0.15, 0.2) is 5.11 Å². The van der Waals surface area contributed by atoms with Gasteiger partial charge in [-0.3, -0.25) is 14.9 Å². The van der Waals surface area contributed by atoms with Gasteiger partial charge >= 0.3 is 0 Å². The smallest absolute Gasteiger partial charge is 0.257 e. The molecule has 0 radical (unpaired) electrons. The molecular weight excluding hydrogens is 326 g/mol. The van der Waals surface area contributed by atoms with Gasteiger partial charge in [0, 0.05) is 18.2 Å². The van der Waals surface area contributed by atoms with Gasteiger partial charge in [-0.1, -0.05) is 18.2 Å². The molecule has 0 heterocycles. The van der Waals surface area contributed by atoms with Gasteiger partial charge in [0.05, 0.1) is 12.8 Å². The van der Waals surface area contributed by atoms with Crippen molar-refractivity contribution >= 4 is 40.5 Å². The summed E-state index contributed by atoms with van der Waals surface area (Å²) >= 11 is 5.16. The van der Waals surface area contributed by atoms with Crippen LogP contribution < -0.4 is 20.7 Å². The SMILES string of the molecule is COc1ccc(NC(C)=O)cc1NC(=S)NC(=O)c1ccccc1. The molecule has 0 unspecified atom stereocenters. The molecule has 0 atom stereocenters. The Morgan fingerprint density at radius 3 is 2.38 bits per heavy atom. The summed E-state index contributed by atoms with van der Waals surface area (Å²) in [6.45, 7) is 1.42. The molecule has 0 saturated carbocycles. The van der Waals surface area contributed by atoms with Crippen molar-refractivity contribution in [3.63, 3.8) is 0 Å². The Morgan fingerprint density at radius 2 is 1.75 bits per heavy atom. The lowest BCUT2D eigenvalue weighted by Crippen LogP contribution is -2.34. The van der Waals surface area contributed by atoms with Crippen molar-refractivity contribution in [3.05, 3.63) is 54.1 Å². The maximum atomic E-state index is 12.1. The third-order valence-electron chi connectivity index (χ3n) is 3.03. The number of nitrogens with one attached hydrogen (secondary N) is 3. The van der Waals surface area contributed by atoms with Crippen molar-refractivity contribution in [3.8, 4) is 5.75 Å². The zero-order valence-electron chi connectivity index (χ0n) is 13.3. The van der Waals surface area contributed by atoms with Crippen LogP contribution in [0.15, 0.2) is 48.5 Å². The quantitative estimate of drug-likeness (QED) is 0.744. The minimum absolute atomic E-state index is 0.127. The molecule has 7 heteroatoms. The minimum atomic E-state index is -0.315. The number of thiocarbonyl (C=S) groups is 1. The molecule has 0 aliphatic heterocycles. The van der Waals surface area contributed by atoms with Crippen LogP contribution in [0, 0.1) is 0 Å². The molecule has 0 bridgehead atoms. The van der Waals surface area contributed by atoms with Gasteiger partial charge < -0.3 is 15.4 Å². The number of benzene rings is 2. The molecule has 6 nitrogen and oxygen atoms in total. The van der Waals surface area contributed by atoms with E-state index in [1.165, 1.54) is 14.0 Å². The molecule has 2 rings (SSSR count). The molecule has 0 spiro atoms. The number of anilines is 2. The number of rotatable bonds is 4. The van der Waals surface area contributed by atoms with Crippen molar-refractivity contribution in [2.45, 2.75) is 6.92 Å². The highest BCUT2D eigenvalue weighted by Crippen LogP contribution is 2.27. The van der Waals surface area contributed by atoms with Crippen LogP contribution in [0.5, 0.6) is 5.75 Å². The van der Waals surface area contributed by atoms with E-state index < -0.39 is 0 Å². The third-order valence-corrected chi connectivity index (χ3v) is 3.24. The van der Waals surface area contributed by atoms with Crippen molar-refractivity contribution in [2.75, 3.05) is 17.7 Å². The van der Waals surface area contributed by atoms with Gasteiger partial charge in [0.25, 0.3) is 5.91 Å². The first kappa shape index (κ1) is 17.4. The van der Waals surface area contributed by atoms with Crippen molar-refractivity contribution in [1.82, 2.24) is 5.32 Å². The maximum Gasteiger partial charge on any atom is 0.257 e. The average Bonchev–Trinajstić information content (AvgIpc) is 2.55. The lowest BCUT2D eigenvalue weighted by atomic mass is 10.2.